The van der Waals surface area contributed by atoms with Gasteiger partial charge in [0, 0.05) is 26.1 Å². The van der Waals surface area contributed by atoms with Crippen LogP contribution in [0.4, 0.5) is 14.6 Å². The highest BCUT2D eigenvalue weighted by Crippen LogP contribution is 2.41. The number of fused-ring (bicyclic) bond motifs is 3. The van der Waals surface area contributed by atoms with E-state index in [2.05, 4.69) is 19.8 Å². The van der Waals surface area contributed by atoms with Gasteiger partial charge in [0.05, 0.1) is 29.3 Å². The van der Waals surface area contributed by atoms with Gasteiger partial charge in [-0.2, -0.15) is 9.97 Å². The molecule has 0 N–H and O–H groups in total. The molecule has 1 unspecified atom stereocenters. The van der Waals surface area contributed by atoms with Crippen LogP contribution in [0, 0.1) is 5.82 Å². The molecule has 0 saturated carbocycles. The predicted molar refractivity (Wildman–Crippen MR) is 116 cm³/mol. The standard InChI is InChI=1S/C22H26ClF2N5O2/c23-19-17(25)18-16-15(26-19)4-3-14-11-31-8-2-7-30(14)20(16)28-21(27-18)32-12-22-5-1-6-29(22)10-13(24)9-22/h13-14H,1-12H2/t13-,14?,22+/m1/s1. The Labute approximate surface area is 190 Å². The lowest BCUT2D eigenvalue weighted by molar-refractivity contribution is 0.107. The van der Waals surface area contributed by atoms with Gasteiger partial charge in [-0.1, -0.05) is 11.6 Å². The van der Waals surface area contributed by atoms with Crippen LogP contribution < -0.4 is 9.64 Å². The van der Waals surface area contributed by atoms with E-state index in [1.807, 2.05) is 0 Å². The monoisotopic (exact) mass is 465 g/mol. The third-order valence-corrected chi connectivity index (χ3v) is 7.69. The van der Waals surface area contributed by atoms with Gasteiger partial charge in [0.15, 0.2) is 11.0 Å². The van der Waals surface area contributed by atoms with Gasteiger partial charge in [-0.15, -0.1) is 0 Å². The summed E-state index contributed by atoms with van der Waals surface area (Å²) in [6.07, 6.45) is 3.83. The minimum atomic E-state index is -0.844. The second-order valence-electron chi connectivity index (χ2n) is 9.40. The van der Waals surface area contributed by atoms with Crippen molar-refractivity contribution < 1.29 is 18.3 Å². The first-order valence-corrected chi connectivity index (χ1v) is 11.8. The van der Waals surface area contributed by atoms with E-state index in [1.165, 1.54) is 0 Å². The molecule has 3 fully saturated rings. The molecular formula is C22H26ClF2N5O2. The van der Waals surface area contributed by atoms with Gasteiger partial charge in [0.25, 0.3) is 0 Å². The van der Waals surface area contributed by atoms with Crippen LogP contribution in [0.25, 0.3) is 10.9 Å². The second-order valence-corrected chi connectivity index (χ2v) is 9.75. The lowest BCUT2D eigenvalue weighted by atomic mass is 9.95. The van der Waals surface area contributed by atoms with E-state index < -0.39 is 12.0 Å². The molecular weight excluding hydrogens is 440 g/mol. The van der Waals surface area contributed by atoms with Crippen LogP contribution in [0.5, 0.6) is 6.01 Å². The third-order valence-electron chi connectivity index (χ3n) is 7.44. The van der Waals surface area contributed by atoms with Crippen molar-refractivity contribution in [2.45, 2.75) is 56.3 Å². The van der Waals surface area contributed by atoms with Crippen molar-refractivity contribution >= 4 is 28.3 Å². The van der Waals surface area contributed by atoms with Crippen LogP contribution in [0.1, 0.15) is 37.8 Å². The number of hydrogen-bond donors (Lipinski definition) is 0. The highest BCUT2D eigenvalue weighted by molar-refractivity contribution is 6.30. The Morgan fingerprint density at radius 2 is 2.12 bits per heavy atom. The van der Waals surface area contributed by atoms with Crippen LogP contribution in [0.3, 0.4) is 0 Å². The zero-order valence-corrected chi connectivity index (χ0v) is 18.6. The van der Waals surface area contributed by atoms with Crippen LogP contribution >= 0.6 is 11.6 Å². The number of aryl methyl sites for hydroxylation is 1. The normalized spacial score (nSPS) is 30.2. The Morgan fingerprint density at radius 3 is 3.03 bits per heavy atom. The Hall–Kier alpha value is -1.84. The maximum atomic E-state index is 15.1. The summed E-state index contributed by atoms with van der Waals surface area (Å²) in [4.78, 5) is 17.9. The minimum absolute atomic E-state index is 0.106. The largest absolute Gasteiger partial charge is 0.461 e. The minimum Gasteiger partial charge on any atom is -0.461 e. The number of ether oxygens (including phenoxy) is 2. The van der Waals surface area contributed by atoms with Crippen LogP contribution in [-0.2, 0) is 11.2 Å². The van der Waals surface area contributed by atoms with E-state index in [1.54, 1.807) is 0 Å². The number of nitrogens with zero attached hydrogens (tertiary/aromatic N) is 5. The van der Waals surface area contributed by atoms with Crippen molar-refractivity contribution in [1.82, 2.24) is 19.9 Å². The Kier molecular flexibility index (Phi) is 5.11. The molecule has 6 rings (SSSR count). The van der Waals surface area contributed by atoms with Gasteiger partial charge in [-0.05, 0) is 38.6 Å². The van der Waals surface area contributed by atoms with E-state index in [4.69, 9.17) is 26.1 Å². The maximum absolute atomic E-state index is 15.1. The van der Waals surface area contributed by atoms with E-state index >= 15 is 4.39 Å². The van der Waals surface area contributed by atoms with Crippen molar-refractivity contribution in [1.29, 1.82) is 0 Å². The SMILES string of the molecule is Fc1c(Cl)nc2c3c(nc(OC[C@@]45CCCN4C[C@H](F)C5)nc13)N1CCCOCC1CC2. The summed E-state index contributed by atoms with van der Waals surface area (Å²) >= 11 is 6.13. The lowest BCUT2D eigenvalue weighted by Gasteiger charge is -2.31. The van der Waals surface area contributed by atoms with E-state index in [0.717, 1.165) is 38.8 Å². The molecule has 0 bridgehead atoms. The summed E-state index contributed by atoms with van der Waals surface area (Å²) in [6.45, 7) is 3.64. The molecule has 4 aliphatic rings. The molecule has 2 aromatic heterocycles. The first-order valence-electron chi connectivity index (χ1n) is 11.5. The molecule has 2 aromatic rings. The average molecular weight is 466 g/mol. The third kappa shape index (κ3) is 3.31. The summed E-state index contributed by atoms with van der Waals surface area (Å²) < 4.78 is 41.1. The van der Waals surface area contributed by atoms with Gasteiger partial charge in [-0.3, -0.25) is 4.90 Å². The van der Waals surface area contributed by atoms with Crippen molar-refractivity contribution in [3.05, 3.63) is 16.7 Å². The first kappa shape index (κ1) is 20.7. The second kappa shape index (κ2) is 7.88. The topological polar surface area (TPSA) is 63.6 Å². The van der Waals surface area contributed by atoms with Crippen molar-refractivity contribution in [2.75, 3.05) is 44.4 Å². The van der Waals surface area contributed by atoms with Gasteiger partial charge in [0.2, 0.25) is 0 Å². The first-order chi connectivity index (χ1) is 15.5. The predicted octanol–water partition coefficient (Wildman–Crippen LogP) is 3.31. The number of hydrogen-bond acceptors (Lipinski definition) is 7. The van der Waals surface area contributed by atoms with Gasteiger partial charge >= 0.3 is 6.01 Å². The molecule has 0 aliphatic carbocycles. The summed E-state index contributed by atoms with van der Waals surface area (Å²) in [5, 5.41) is 0.419. The number of aromatic nitrogens is 3. The van der Waals surface area contributed by atoms with Crippen molar-refractivity contribution in [3.8, 4) is 6.01 Å². The fourth-order valence-electron chi connectivity index (χ4n) is 5.93. The number of halogens is 3. The fraction of sp³-hybridized carbons (Fsp3) is 0.682. The highest BCUT2D eigenvalue weighted by Gasteiger charge is 2.49. The van der Waals surface area contributed by atoms with Gasteiger partial charge in [0.1, 0.15) is 24.1 Å². The van der Waals surface area contributed by atoms with Crippen molar-refractivity contribution in [3.63, 3.8) is 0 Å². The molecule has 3 saturated heterocycles. The quantitative estimate of drug-likeness (QED) is 0.644. The smallest absolute Gasteiger partial charge is 0.319 e. The average Bonchev–Trinajstić information content (AvgIpc) is 3.12. The molecule has 3 atom stereocenters. The lowest BCUT2D eigenvalue weighted by Crippen LogP contribution is -2.43. The molecule has 0 amide bonds. The molecule has 0 aromatic carbocycles. The number of pyridine rings is 1. The Morgan fingerprint density at radius 1 is 1.22 bits per heavy atom. The zero-order valence-electron chi connectivity index (χ0n) is 17.8. The fourth-order valence-corrected chi connectivity index (χ4v) is 6.12. The van der Waals surface area contributed by atoms with Crippen molar-refractivity contribution in [2.24, 2.45) is 0 Å². The summed E-state index contributed by atoms with van der Waals surface area (Å²) in [5.41, 5.74) is 0.517. The Balaban J connectivity index is 1.42. The molecule has 0 radical (unpaired) electrons. The number of anilines is 1. The number of rotatable bonds is 3. The summed E-state index contributed by atoms with van der Waals surface area (Å²) in [6, 6.07) is 0.222. The highest BCUT2D eigenvalue weighted by atomic mass is 35.5. The van der Waals surface area contributed by atoms with Crippen LogP contribution in [0.15, 0.2) is 0 Å². The van der Waals surface area contributed by atoms with Crippen LogP contribution in [-0.4, -0.2) is 77.1 Å². The molecule has 7 nitrogen and oxygen atoms in total. The Bertz CT molecular complexity index is 1060. The molecule has 32 heavy (non-hydrogen) atoms. The molecule has 172 valence electrons. The molecule has 4 aliphatic heterocycles. The van der Waals surface area contributed by atoms with Gasteiger partial charge < -0.3 is 14.4 Å². The molecule has 0 spiro atoms. The van der Waals surface area contributed by atoms with E-state index in [9.17, 15) is 4.39 Å². The molecule has 10 heteroatoms. The number of alkyl halides is 1. The summed E-state index contributed by atoms with van der Waals surface area (Å²) in [5.74, 6) is -0.0274. The van der Waals surface area contributed by atoms with E-state index in [-0.39, 0.29) is 34.9 Å². The zero-order chi connectivity index (χ0) is 21.9. The maximum Gasteiger partial charge on any atom is 0.319 e. The van der Waals surface area contributed by atoms with Crippen LogP contribution in [0.2, 0.25) is 5.15 Å². The van der Waals surface area contributed by atoms with E-state index in [0.29, 0.717) is 49.5 Å². The summed E-state index contributed by atoms with van der Waals surface area (Å²) in [7, 11) is 0. The van der Waals surface area contributed by atoms with Gasteiger partial charge in [-0.25, -0.2) is 13.8 Å². The molecule has 6 heterocycles.